The predicted molar refractivity (Wildman–Crippen MR) is 103 cm³/mol. The largest absolute Gasteiger partial charge is 0.452 e. The fourth-order valence-corrected chi connectivity index (χ4v) is 3.48. The summed E-state index contributed by atoms with van der Waals surface area (Å²) in [6.07, 6.45) is 0.130. The Morgan fingerprint density at radius 2 is 1.81 bits per heavy atom. The number of fused-ring (bicyclic) bond motifs is 1. The van der Waals surface area contributed by atoms with Gasteiger partial charge in [0.25, 0.3) is 5.91 Å². The maximum Gasteiger partial charge on any atom is 0.341 e. The van der Waals surface area contributed by atoms with Gasteiger partial charge in [-0.3, -0.25) is 9.59 Å². The van der Waals surface area contributed by atoms with Gasteiger partial charge in [-0.05, 0) is 31.2 Å². The van der Waals surface area contributed by atoms with Gasteiger partial charge in [-0.1, -0.05) is 41.4 Å². The third-order valence-corrected chi connectivity index (χ3v) is 4.75. The minimum Gasteiger partial charge on any atom is -0.452 e. The molecule has 1 aliphatic heterocycles. The third kappa shape index (κ3) is 4.07. The smallest absolute Gasteiger partial charge is 0.341 e. The number of carbonyl (C=O) groups is 3. The first kappa shape index (κ1) is 19.2. The summed E-state index contributed by atoms with van der Waals surface area (Å²) in [6.45, 7) is 1.25. The Morgan fingerprint density at radius 1 is 1.15 bits per heavy atom. The lowest BCUT2D eigenvalue weighted by molar-refractivity contribution is -0.122. The lowest BCUT2D eigenvalue weighted by Gasteiger charge is -2.27. The zero-order valence-corrected chi connectivity index (χ0v) is 15.9. The fourth-order valence-electron chi connectivity index (χ4n) is 2.93. The molecular formula is C19H16Cl2N2O4. The summed E-state index contributed by atoms with van der Waals surface area (Å²) < 4.78 is 5.13. The number of esters is 1. The number of amides is 2. The van der Waals surface area contributed by atoms with Crippen LogP contribution in [0.5, 0.6) is 0 Å². The number of para-hydroxylation sites is 2. The number of carbonyl (C=O) groups excluding carboxylic acids is 3. The van der Waals surface area contributed by atoms with Crippen molar-refractivity contribution in [1.82, 2.24) is 0 Å². The van der Waals surface area contributed by atoms with Gasteiger partial charge in [0.1, 0.15) is 0 Å². The number of hydrogen-bond donors (Lipinski definition) is 1. The molecule has 27 heavy (non-hydrogen) atoms. The lowest BCUT2D eigenvalue weighted by Crippen LogP contribution is -2.41. The molecule has 2 amide bonds. The monoisotopic (exact) mass is 406 g/mol. The molecule has 0 aromatic heterocycles. The Bertz CT molecular complexity index is 896. The van der Waals surface area contributed by atoms with Crippen molar-refractivity contribution in [1.29, 1.82) is 0 Å². The average Bonchev–Trinajstić information content (AvgIpc) is 2.73. The molecule has 0 saturated heterocycles. The number of halogens is 2. The van der Waals surface area contributed by atoms with E-state index in [9.17, 15) is 14.4 Å². The maximum absolute atomic E-state index is 12.8. The van der Waals surface area contributed by atoms with E-state index in [1.807, 2.05) is 0 Å². The predicted octanol–water partition coefficient (Wildman–Crippen LogP) is 3.91. The van der Waals surface area contributed by atoms with Crippen molar-refractivity contribution in [2.45, 2.75) is 19.4 Å². The maximum atomic E-state index is 12.8. The first-order valence-electron chi connectivity index (χ1n) is 8.20. The lowest BCUT2D eigenvalue weighted by atomic mass is 10.1. The second-order valence-electron chi connectivity index (χ2n) is 6.06. The summed E-state index contributed by atoms with van der Waals surface area (Å²) in [4.78, 5) is 38.5. The van der Waals surface area contributed by atoms with E-state index in [4.69, 9.17) is 27.9 Å². The summed E-state index contributed by atoms with van der Waals surface area (Å²) in [5.74, 6) is -1.43. The number of nitrogens with one attached hydrogen (secondary N) is 1. The third-order valence-electron chi connectivity index (χ3n) is 4.12. The molecule has 1 N–H and O–H groups in total. The van der Waals surface area contributed by atoms with E-state index in [1.54, 1.807) is 37.3 Å². The van der Waals surface area contributed by atoms with Gasteiger partial charge in [-0.15, -0.1) is 0 Å². The van der Waals surface area contributed by atoms with Crippen LogP contribution in [0.25, 0.3) is 0 Å². The van der Waals surface area contributed by atoms with Gasteiger partial charge in [-0.2, -0.15) is 0 Å². The van der Waals surface area contributed by atoms with Crippen molar-refractivity contribution in [3.63, 3.8) is 0 Å². The van der Waals surface area contributed by atoms with E-state index in [-0.39, 0.29) is 27.9 Å². The first-order valence-corrected chi connectivity index (χ1v) is 8.96. The SMILES string of the molecule is CC1CC(=O)Nc2ccccc2N1C(=O)COC(=O)c1c(Cl)cccc1Cl. The fraction of sp³-hybridized carbons (Fsp3) is 0.211. The van der Waals surface area contributed by atoms with E-state index < -0.39 is 24.5 Å². The molecule has 0 fully saturated rings. The zero-order valence-electron chi connectivity index (χ0n) is 14.4. The minimum absolute atomic E-state index is 0.00907. The molecule has 140 valence electrons. The number of ether oxygens (including phenoxy) is 1. The van der Waals surface area contributed by atoms with E-state index in [0.29, 0.717) is 11.4 Å². The van der Waals surface area contributed by atoms with E-state index in [2.05, 4.69) is 5.32 Å². The van der Waals surface area contributed by atoms with E-state index in [1.165, 1.54) is 17.0 Å². The molecule has 1 aliphatic rings. The molecule has 0 spiro atoms. The summed E-state index contributed by atoms with van der Waals surface area (Å²) in [6, 6.07) is 11.2. The van der Waals surface area contributed by atoms with Gasteiger partial charge >= 0.3 is 5.97 Å². The van der Waals surface area contributed by atoms with Crippen molar-refractivity contribution in [2.75, 3.05) is 16.8 Å². The van der Waals surface area contributed by atoms with Crippen LogP contribution in [0.1, 0.15) is 23.7 Å². The molecule has 3 rings (SSSR count). The Kier molecular flexibility index (Phi) is 5.68. The van der Waals surface area contributed by atoms with Crippen LogP contribution < -0.4 is 10.2 Å². The highest BCUT2D eigenvalue weighted by Gasteiger charge is 2.30. The summed E-state index contributed by atoms with van der Waals surface area (Å²) in [5, 5.41) is 3.05. The number of anilines is 2. The van der Waals surface area contributed by atoms with Crippen LogP contribution in [0.3, 0.4) is 0 Å². The Morgan fingerprint density at radius 3 is 2.52 bits per heavy atom. The van der Waals surface area contributed by atoms with Gasteiger partial charge in [0, 0.05) is 12.5 Å². The summed E-state index contributed by atoms with van der Waals surface area (Å²) in [5.41, 5.74) is 1.09. The Balaban J connectivity index is 1.79. The average molecular weight is 407 g/mol. The number of benzene rings is 2. The molecule has 0 aliphatic carbocycles. The molecule has 1 atom stereocenters. The van der Waals surface area contributed by atoms with Crippen LogP contribution in [0.2, 0.25) is 10.0 Å². The molecule has 0 bridgehead atoms. The highest BCUT2D eigenvalue weighted by molar-refractivity contribution is 6.39. The van der Waals surface area contributed by atoms with Crippen LogP contribution in [-0.4, -0.2) is 30.4 Å². The number of hydrogen-bond acceptors (Lipinski definition) is 4. The van der Waals surface area contributed by atoms with Crippen molar-refractivity contribution in [3.05, 3.63) is 58.1 Å². The zero-order chi connectivity index (χ0) is 19.6. The molecule has 2 aromatic carbocycles. The Labute approximate surface area is 166 Å². The van der Waals surface area contributed by atoms with E-state index in [0.717, 1.165) is 0 Å². The van der Waals surface area contributed by atoms with Crippen molar-refractivity contribution >= 4 is 52.4 Å². The first-order chi connectivity index (χ1) is 12.9. The molecule has 6 nitrogen and oxygen atoms in total. The van der Waals surface area contributed by atoms with E-state index >= 15 is 0 Å². The molecule has 1 heterocycles. The molecule has 0 saturated carbocycles. The highest BCUT2D eigenvalue weighted by atomic mass is 35.5. The topological polar surface area (TPSA) is 75.7 Å². The van der Waals surface area contributed by atoms with Crippen LogP contribution in [0.4, 0.5) is 11.4 Å². The van der Waals surface area contributed by atoms with Crippen molar-refractivity contribution in [3.8, 4) is 0 Å². The number of rotatable bonds is 3. The van der Waals surface area contributed by atoms with Gasteiger partial charge in [0.05, 0.1) is 27.0 Å². The quantitative estimate of drug-likeness (QED) is 0.783. The molecule has 1 unspecified atom stereocenters. The second kappa shape index (κ2) is 7.98. The van der Waals surface area contributed by atoms with Crippen molar-refractivity contribution in [2.24, 2.45) is 0 Å². The molecule has 2 aromatic rings. The summed E-state index contributed by atoms with van der Waals surface area (Å²) >= 11 is 12.0. The minimum atomic E-state index is -0.788. The van der Waals surface area contributed by atoms with Crippen molar-refractivity contribution < 1.29 is 19.1 Å². The van der Waals surface area contributed by atoms with Crippen LogP contribution >= 0.6 is 23.2 Å². The summed E-state index contributed by atoms with van der Waals surface area (Å²) in [7, 11) is 0. The van der Waals surface area contributed by atoms with Gasteiger partial charge in [0.2, 0.25) is 5.91 Å². The van der Waals surface area contributed by atoms with Gasteiger partial charge in [0.15, 0.2) is 6.61 Å². The van der Waals surface area contributed by atoms with Crippen LogP contribution in [0.15, 0.2) is 42.5 Å². The highest BCUT2D eigenvalue weighted by Crippen LogP contribution is 2.31. The normalized spacial score (nSPS) is 16.2. The number of nitrogens with zero attached hydrogens (tertiary/aromatic N) is 1. The molecule has 8 heteroatoms. The van der Waals surface area contributed by atoms with Crippen LogP contribution in [-0.2, 0) is 14.3 Å². The van der Waals surface area contributed by atoms with Crippen LogP contribution in [0, 0.1) is 0 Å². The standard InChI is InChI=1S/C19H16Cl2N2O4/c1-11-9-16(24)22-14-7-2-3-8-15(14)23(11)17(25)10-27-19(26)18-12(20)5-4-6-13(18)21/h2-8,11H,9-10H2,1H3,(H,22,24). The molecular weight excluding hydrogens is 391 g/mol. The second-order valence-corrected chi connectivity index (χ2v) is 6.87. The van der Waals surface area contributed by atoms with Gasteiger partial charge in [-0.25, -0.2) is 4.79 Å². The van der Waals surface area contributed by atoms with Gasteiger partial charge < -0.3 is 15.0 Å². The molecule has 0 radical (unpaired) electrons. The Hall–Kier alpha value is -2.57.